The van der Waals surface area contributed by atoms with Gasteiger partial charge in [0.1, 0.15) is 9.96 Å². The minimum atomic E-state index is -3.73. The Hall–Kier alpha value is -1.90. The van der Waals surface area contributed by atoms with Gasteiger partial charge in [-0.25, -0.2) is 13.1 Å². The van der Waals surface area contributed by atoms with Crippen LogP contribution in [0, 0.1) is 0 Å². The molecule has 8 heteroatoms. The predicted molar refractivity (Wildman–Crippen MR) is 77.8 cm³/mol. The first kappa shape index (κ1) is 15.5. The summed E-state index contributed by atoms with van der Waals surface area (Å²) in [6.45, 7) is -0.0405. The predicted octanol–water partition coefficient (Wildman–Crippen LogP) is 1.56. The molecule has 0 aliphatic rings. The van der Waals surface area contributed by atoms with Gasteiger partial charge in [-0.3, -0.25) is 4.79 Å². The lowest BCUT2D eigenvalue weighted by atomic mass is 10.2. The number of sulfonamides is 1. The monoisotopic (exact) mass is 327 g/mol. The van der Waals surface area contributed by atoms with Crippen molar-refractivity contribution in [2.75, 3.05) is 0 Å². The lowest BCUT2D eigenvalue weighted by Crippen LogP contribution is -2.22. The van der Waals surface area contributed by atoms with E-state index in [1.165, 1.54) is 18.2 Å². The Labute approximate surface area is 125 Å². The standard InChI is InChI=1S/C13H13NO5S2/c15-11-4-2-1-3-9(11)8-14-21(18,19)13-6-5-10(20-13)7-12(16)17/h1-6,14-15H,7-8H2,(H,16,17). The van der Waals surface area contributed by atoms with Gasteiger partial charge in [-0.2, -0.15) is 0 Å². The van der Waals surface area contributed by atoms with Crippen LogP contribution in [0.2, 0.25) is 0 Å². The molecular formula is C13H13NO5S2. The fourth-order valence-corrected chi connectivity index (χ4v) is 4.05. The van der Waals surface area contributed by atoms with Crippen LogP contribution < -0.4 is 4.72 Å². The van der Waals surface area contributed by atoms with Gasteiger partial charge in [-0.1, -0.05) is 18.2 Å². The van der Waals surface area contributed by atoms with Crippen molar-refractivity contribution < 1.29 is 23.4 Å². The van der Waals surface area contributed by atoms with E-state index in [1.807, 2.05) is 0 Å². The number of carbonyl (C=O) groups is 1. The van der Waals surface area contributed by atoms with Gasteiger partial charge in [0, 0.05) is 17.0 Å². The molecule has 6 nitrogen and oxygen atoms in total. The van der Waals surface area contributed by atoms with E-state index < -0.39 is 16.0 Å². The number of rotatable bonds is 6. The van der Waals surface area contributed by atoms with Crippen LogP contribution >= 0.6 is 11.3 Å². The molecule has 3 N–H and O–H groups in total. The molecule has 1 aromatic carbocycles. The smallest absolute Gasteiger partial charge is 0.308 e. The van der Waals surface area contributed by atoms with Crippen molar-refractivity contribution in [3.63, 3.8) is 0 Å². The fraction of sp³-hybridized carbons (Fsp3) is 0.154. The number of phenols is 1. The third-order valence-electron chi connectivity index (χ3n) is 2.67. The van der Waals surface area contributed by atoms with Crippen LogP contribution in [-0.2, 0) is 27.8 Å². The average molecular weight is 327 g/mol. The van der Waals surface area contributed by atoms with E-state index in [2.05, 4.69) is 4.72 Å². The van der Waals surface area contributed by atoms with Gasteiger partial charge in [0.05, 0.1) is 6.42 Å². The lowest BCUT2D eigenvalue weighted by molar-refractivity contribution is -0.136. The Kier molecular flexibility index (Phi) is 4.61. The molecule has 0 aliphatic heterocycles. The molecular weight excluding hydrogens is 314 g/mol. The zero-order valence-corrected chi connectivity index (χ0v) is 12.4. The van der Waals surface area contributed by atoms with Crippen LogP contribution in [0.1, 0.15) is 10.4 Å². The highest BCUT2D eigenvalue weighted by Gasteiger charge is 2.17. The highest BCUT2D eigenvalue weighted by molar-refractivity contribution is 7.91. The maximum atomic E-state index is 12.1. The molecule has 2 rings (SSSR count). The second kappa shape index (κ2) is 6.25. The Balaban J connectivity index is 2.10. The zero-order chi connectivity index (χ0) is 15.5. The second-order valence-corrected chi connectivity index (χ2v) is 7.41. The quantitative estimate of drug-likeness (QED) is 0.747. The summed E-state index contributed by atoms with van der Waals surface area (Å²) in [6, 6.07) is 9.27. The first-order valence-corrected chi connectivity index (χ1v) is 8.25. The van der Waals surface area contributed by atoms with Crippen molar-refractivity contribution in [3.8, 4) is 5.75 Å². The maximum absolute atomic E-state index is 12.1. The van der Waals surface area contributed by atoms with Crippen molar-refractivity contribution in [1.82, 2.24) is 4.72 Å². The van der Waals surface area contributed by atoms with Gasteiger partial charge in [-0.15, -0.1) is 11.3 Å². The number of hydrogen-bond acceptors (Lipinski definition) is 5. The Morgan fingerprint density at radius 3 is 2.57 bits per heavy atom. The van der Waals surface area contributed by atoms with Crippen LogP contribution in [0.3, 0.4) is 0 Å². The molecule has 0 saturated carbocycles. The van der Waals surface area contributed by atoms with E-state index in [-0.39, 0.29) is 22.9 Å². The highest BCUT2D eigenvalue weighted by Crippen LogP contribution is 2.23. The first-order chi connectivity index (χ1) is 9.88. The highest BCUT2D eigenvalue weighted by atomic mass is 32.2. The largest absolute Gasteiger partial charge is 0.508 e. The van der Waals surface area contributed by atoms with Crippen molar-refractivity contribution >= 4 is 27.3 Å². The zero-order valence-electron chi connectivity index (χ0n) is 10.8. The van der Waals surface area contributed by atoms with E-state index >= 15 is 0 Å². The first-order valence-electron chi connectivity index (χ1n) is 5.95. The van der Waals surface area contributed by atoms with E-state index in [1.54, 1.807) is 18.2 Å². The molecule has 1 heterocycles. The van der Waals surface area contributed by atoms with E-state index in [0.717, 1.165) is 11.3 Å². The number of aliphatic carboxylic acids is 1. The molecule has 0 atom stereocenters. The number of thiophene rings is 1. The maximum Gasteiger partial charge on any atom is 0.308 e. The number of aromatic hydroxyl groups is 1. The van der Waals surface area contributed by atoms with Crippen molar-refractivity contribution in [1.29, 1.82) is 0 Å². The van der Waals surface area contributed by atoms with Gasteiger partial charge in [-0.05, 0) is 18.2 Å². The van der Waals surface area contributed by atoms with Crippen molar-refractivity contribution in [2.24, 2.45) is 0 Å². The van der Waals surface area contributed by atoms with E-state index in [0.29, 0.717) is 10.4 Å². The number of hydrogen-bond donors (Lipinski definition) is 3. The van der Waals surface area contributed by atoms with Gasteiger partial charge in [0.25, 0.3) is 0 Å². The Morgan fingerprint density at radius 2 is 1.90 bits per heavy atom. The third-order valence-corrected chi connectivity index (χ3v) is 5.65. The van der Waals surface area contributed by atoms with Gasteiger partial charge < -0.3 is 10.2 Å². The summed E-state index contributed by atoms with van der Waals surface area (Å²) < 4.78 is 26.6. The number of para-hydroxylation sites is 1. The number of carboxylic acids is 1. The molecule has 0 radical (unpaired) electrons. The van der Waals surface area contributed by atoms with E-state index in [9.17, 15) is 18.3 Å². The fourth-order valence-electron chi connectivity index (χ4n) is 1.65. The SMILES string of the molecule is O=C(O)Cc1ccc(S(=O)(=O)NCc2ccccc2O)s1. The Morgan fingerprint density at radius 1 is 1.19 bits per heavy atom. The molecule has 0 aliphatic carbocycles. The summed E-state index contributed by atoms with van der Waals surface area (Å²) in [5.74, 6) is -0.999. The number of carboxylic acid groups (broad SMARTS) is 1. The van der Waals surface area contributed by atoms with Crippen LogP contribution in [0.5, 0.6) is 5.75 Å². The molecule has 0 unspecified atom stereocenters. The molecule has 112 valence electrons. The lowest BCUT2D eigenvalue weighted by Gasteiger charge is -2.06. The summed E-state index contributed by atoms with van der Waals surface area (Å²) in [5.41, 5.74) is 0.461. The minimum absolute atomic E-state index is 0.0120. The molecule has 1 aromatic heterocycles. The molecule has 21 heavy (non-hydrogen) atoms. The van der Waals surface area contributed by atoms with Gasteiger partial charge in [0.2, 0.25) is 10.0 Å². The number of nitrogens with one attached hydrogen (secondary N) is 1. The summed E-state index contributed by atoms with van der Waals surface area (Å²) >= 11 is 0.914. The van der Waals surface area contributed by atoms with E-state index in [4.69, 9.17) is 5.11 Å². The molecule has 0 bridgehead atoms. The minimum Gasteiger partial charge on any atom is -0.508 e. The molecule has 0 amide bonds. The van der Waals surface area contributed by atoms with Crippen molar-refractivity contribution in [3.05, 3.63) is 46.8 Å². The third kappa shape index (κ3) is 4.03. The number of phenolic OH excluding ortho intramolecular Hbond substituents is 1. The van der Waals surface area contributed by atoms with Gasteiger partial charge >= 0.3 is 5.97 Å². The van der Waals surface area contributed by atoms with Gasteiger partial charge in [0.15, 0.2) is 0 Å². The normalized spacial score (nSPS) is 11.4. The van der Waals surface area contributed by atoms with Crippen LogP contribution in [-0.4, -0.2) is 24.6 Å². The Bertz CT molecular complexity index is 751. The summed E-state index contributed by atoms with van der Waals surface area (Å²) in [5, 5.41) is 18.3. The molecule has 0 saturated heterocycles. The van der Waals surface area contributed by atoms with Crippen LogP contribution in [0.25, 0.3) is 0 Å². The molecule has 0 fully saturated rings. The summed E-state index contributed by atoms with van der Waals surface area (Å²) in [4.78, 5) is 11.1. The van der Waals surface area contributed by atoms with Crippen LogP contribution in [0.4, 0.5) is 0 Å². The second-order valence-electron chi connectivity index (χ2n) is 4.24. The number of benzene rings is 1. The summed E-state index contributed by atoms with van der Waals surface area (Å²) in [6.07, 6.45) is -0.209. The molecule has 2 aromatic rings. The topological polar surface area (TPSA) is 104 Å². The average Bonchev–Trinajstić information content (AvgIpc) is 2.86. The van der Waals surface area contributed by atoms with Crippen LogP contribution in [0.15, 0.2) is 40.6 Å². The molecule has 0 spiro atoms. The summed E-state index contributed by atoms with van der Waals surface area (Å²) in [7, 11) is -3.73. The van der Waals surface area contributed by atoms with Crippen molar-refractivity contribution in [2.45, 2.75) is 17.2 Å².